The van der Waals surface area contributed by atoms with E-state index in [1.54, 1.807) is 78.9 Å². The van der Waals surface area contributed by atoms with Crippen molar-refractivity contribution in [2.24, 2.45) is 0 Å². The van der Waals surface area contributed by atoms with E-state index in [2.05, 4.69) is 61.8 Å². The maximum atomic E-state index is 9.26. The molecule has 14 heteroatoms. The molecule has 0 saturated carbocycles. The number of nitrogens with zero attached hydrogens (tertiary/aromatic N) is 2. The van der Waals surface area contributed by atoms with Crippen LogP contribution in [0.15, 0.2) is 140 Å². The lowest BCUT2D eigenvalue weighted by Crippen LogP contribution is -2.21. The molecule has 0 spiro atoms. The van der Waals surface area contributed by atoms with Crippen LogP contribution in [0.2, 0.25) is 0 Å². The molecule has 372 valence electrons. The van der Waals surface area contributed by atoms with Crippen molar-refractivity contribution in [2.45, 2.75) is 62.3 Å². The van der Waals surface area contributed by atoms with E-state index in [0.29, 0.717) is 34.2 Å². The Bertz CT molecular complexity index is 2460. The second kappa shape index (κ2) is 30.9. The van der Waals surface area contributed by atoms with Crippen LogP contribution in [0.3, 0.4) is 0 Å². The van der Waals surface area contributed by atoms with Crippen LogP contribution in [0.25, 0.3) is 0 Å². The summed E-state index contributed by atoms with van der Waals surface area (Å²) < 4.78 is 0. The van der Waals surface area contributed by atoms with Gasteiger partial charge in [0.05, 0.1) is 17.1 Å². The van der Waals surface area contributed by atoms with E-state index >= 15 is 0 Å². The maximum Gasteiger partial charge on any atom is 0.141 e. The summed E-state index contributed by atoms with van der Waals surface area (Å²) in [7, 11) is 0. The number of aromatic hydroxyl groups is 5. The Balaban J connectivity index is 0.000000405. The standard InChI is InChI=1S/C11H18N2.C10H16N2.C8H11NO.2C7H9NO.2C6H7NO/c1-4-13(5-2)10-6-7-11(12)9(3)8-10;1-3-12(4-2)10-7-5-9(11)6-8-10;1-5-3-4-6(2)8(10)7(5)9;1-5-4-6(8)2-3-7(5)9;1-5-3-2-4-6(9)7(5)8;7-5-1-3-6(8)4-2-5;7-5-3-1-2-4-6(5)8/h6-8H,4-5,12H2,1-3H3;5-8H,3-4,11H2,1-2H3;3-4,10H,9H2,1-2H3;2*2-4,9H,8H2,1H3;2*1-4,8H,7H2. The van der Waals surface area contributed by atoms with Crippen molar-refractivity contribution in [3.63, 3.8) is 0 Å². The minimum atomic E-state index is 0.146. The largest absolute Gasteiger partial charge is 0.508 e. The molecule has 0 heterocycles. The van der Waals surface area contributed by atoms with Gasteiger partial charge >= 0.3 is 0 Å². The normalized spacial score (nSPS) is 9.58. The van der Waals surface area contributed by atoms with Crippen molar-refractivity contribution < 1.29 is 25.5 Å². The average molecular weight is 944 g/mol. The van der Waals surface area contributed by atoms with Crippen LogP contribution in [-0.4, -0.2) is 51.7 Å². The van der Waals surface area contributed by atoms with E-state index in [9.17, 15) is 5.11 Å². The number of aryl methyl sites for hydroxylation is 5. The highest BCUT2D eigenvalue weighted by molar-refractivity contribution is 5.61. The monoisotopic (exact) mass is 944 g/mol. The highest BCUT2D eigenvalue weighted by Gasteiger charge is 2.04. The molecular formula is C55H77N9O5. The van der Waals surface area contributed by atoms with Crippen LogP contribution in [0.1, 0.15) is 55.5 Å². The molecule has 0 amide bonds. The van der Waals surface area contributed by atoms with Gasteiger partial charge in [0.1, 0.15) is 28.7 Å². The van der Waals surface area contributed by atoms with Crippen LogP contribution < -0.4 is 49.9 Å². The lowest BCUT2D eigenvalue weighted by molar-refractivity contribution is 0.471. The predicted molar refractivity (Wildman–Crippen MR) is 295 cm³/mol. The molecule has 69 heavy (non-hydrogen) atoms. The lowest BCUT2D eigenvalue weighted by Gasteiger charge is -2.21. The molecule has 7 aromatic rings. The first-order chi connectivity index (χ1) is 32.6. The molecule has 14 nitrogen and oxygen atoms in total. The number of anilines is 9. The number of phenols is 5. The summed E-state index contributed by atoms with van der Waals surface area (Å²) in [5.41, 5.74) is 49.9. The summed E-state index contributed by atoms with van der Waals surface area (Å²) in [5, 5.41) is 44.7. The third-order valence-corrected chi connectivity index (χ3v) is 10.4. The zero-order valence-electron chi connectivity index (χ0n) is 41.8. The van der Waals surface area contributed by atoms with Gasteiger partial charge in [0.25, 0.3) is 0 Å². The van der Waals surface area contributed by atoms with Gasteiger partial charge in [0.2, 0.25) is 0 Å². The van der Waals surface area contributed by atoms with Crippen LogP contribution in [0.4, 0.5) is 51.2 Å². The number of hydrogen-bond donors (Lipinski definition) is 12. The molecule has 19 N–H and O–H groups in total. The molecule has 0 saturated heterocycles. The van der Waals surface area contributed by atoms with Crippen molar-refractivity contribution in [1.29, 1.82) is 0 Å². The Morgan fingerprint density at radius 2 is 0.812 bits per heavy atom. The van der Waals surface area contributed by atoms with Crippen LogP contribution in [0, 0.1) is 34.6 Å². The Hall–Kier alpha value is -8.26. The van der Waals surface area contributed by atoms with Gasteiger partial charge in [-0.05, 0) is 193 Å². The summed E-state index contributed by atoms with van der Waals surface area (Å²) in [6.07, 6.45) is 0. The van der Waals surface area contributed by atoms with E-state index in [1.807, 2.05) is 71.0 Å². The van der Waals surface area contributed by atoms with Crippen LogP contribution in [-0.2, 0) is 0 Å². The number of para-hydroxylation sites is 3. The number of phenolic OH excluding ortho intramolecular Hbond substituents is 5. The van der Waals surface area contributed by atoms with Gasteiger partial charge < -0.3 is 75.5 Å². The molecule has 0 radical (unpaired) electrons. The van der Waals surface area contributed by atoms with Gasteiger partial charge in [-0.25, -0.2) is 0 Å². The quantitative estimate of drug-likeness (QED) is 0.0420. The highest BCUT2D eigenvalue weighted by Crippen LogP contribution is 2.27. The van der Waals surface area contributed by atoms with E-state index in [4.69, 9.17) is 60.6 Å². The molecule has 0 aliphatic rings. The fraction of sp³-hybridized carbons (Fsp3) is 0.236. The number of rotatable bonds is 6. The third-order valence-electron chi connectivity index (χ3n) is 10.4. The molecule has 0 unspecified atom stereocenters. The first-order valence-corrected chi connectivity index (χ1v) is 22.5. The van der Waals surface area contributed by atoms with Crippen molar-refractivity contribution in [2.75, 3.05) is 76.1 Å². The topological polar surface area (TPSA) is 290 Å². The molecule has 0 aliphatic carbocycles. The molecular weight excluding hydrogens is 867 g/mol. The third kappa shape index (κ3) is 21.7. The van der Waals surface area contributed by atoms with Crippen molar-refractivity contribution >= 4 is 51.2 Å². The first-order valence-electron chi connectivity index (χ1n) is 22.5. The van der Waals surface area contributed by atoms with E-state index in [-0.39, 0.29) is 23.0 Å². The van der Waals surface area contributed by atoms with E-state index < -0.39 is 0 Å². The average Bonchev–Trinajstić information content (AvgIpc) is 3.33. The first kappa shape index (κ1) is 58.8. The molecule has 0 aliphatic heterocycles. The van der Waals surface area contributed by atoms with Crippen molar-refractivity contribution in [1.82, 2.24) is 0 Å². The minimum absolute atomic E-state index is 0.146. The van der Waals surface area contributed by atoms with Crippen LogP contribution in [0.5, 0.6) is 28.7 Å². The number of nitrogens with two attached hydrogens (primary N) is 7. The van der Waals surface area contributed by atoms with Gasteiger partial charge in [-0.15, -0.1) is 0 Å². The van der Waals surface area contributed by atoms with E-state index in [0.717, 1.165) is 65.4 Å². The molecule has 0 fully saturated rings. The maximum absolute atomic E-state index is 9.26. The van der Waals surface area contributed by atoms with E-state index in [1.165, 1.54) is 11.4 Å². The predicted octanol–water partition coefficient (Wildman–Crippen LogP) is 10.6. The molecule has 0 atom stereocenters. The summed E-state index contributed by atoms with van der Waals surface area (Å²) >= 11 is 0. The summed E-state index contributed by atoms with van der Waals surface area (Å²) in [6.45, 7) is 22.2. The Morgan fingerprint density at radius 3 is 1.23 bits per heavy atom. The number of hydrogen-bond acceptors (Lipinski definition) is 14. The number of nitrogen functional groups attached to an aromatic ring is 7. The molecule has 0 bridgehead atoms. The number of benzene rings is 7. The van der Waals surface area contributed by atoms with Crippen LogP contribution >= 0.6 is 0 Å². The molecule has 7 aromatic carbocycles. The fourth-order valence-electron chi connectivity index (χ4n) is 5.84. The molecule has 0 aromatic heterocycles. The van der Waals surface area contributed by atoms with Gasteiger partial charge in [-0.3, -0.25) is 0 Å². The highest BCUT2D eigenvalue weighted by atomic mass is 16.3. The van der Waals surface area contributed by atoms with Gasteiger partial charge in [0, 0.05) is 60.3 Å². The summed E-state index contributed by atoms with van der Waals surface area (Å²) in [5.74, 6) is 1.06. The second-order valence-corrected chi connectivity index (χ2v) is 15.6. The fourth-order valence-corrected chi connectivity index (χ4v) is 5.84. The van der Waals surface area contributed by atoms with Gasteiger partial charge in [-0.2, -0.15) is 0 Å². The second-order valence-electron chi connectivity index (χ2n) is 15.6. The van der Waals surface area contributed by atoms with Crippen molar-refractivity contribution in [3.8, 4) is 28.7 Å². The summed E-state index contributed by atoms with van der Waals surface area (Å²) in [6, 6.07) is 41.2. The Labute approximate surface area is 409 Å². The Kier molecular flexibility index (Phi) is 26.3. The smallest absolute Gasteiger partial charge is 0.141 e. The van der Waals surface area contributed by atoms with Gasteiger partial charge in [-0.1, -0.05) is 36.4 Å². The molecule has 7 rings (SSSR count). The SMILES string of the molecule is CCN(CC)c1ccc(N)c(C)c1.CCN(CC)c1ccc(N)cc1.Cc1cc(N)ccc1O.Cc1ccc(C)c(O)c1N.Cc1cccc(O)c1N.Nc1ccc(O)cc1.Nc1ccccc1O. The van der Waals surface area contributed by atoms with Crippen molar-refractivity contribution in [3.05, 3.63) is 167 Å². The van der Waals surface area contributed by atoms with Gasteiger partial charge in [0.15, 0.2) is 0 Å². The zero-order chi connectivity index (χ0) is 52.2. The Morgan fingerprint density at radius 1 is 0.348 bits per heavy atom. The minimum Gasteiger partial charge on any atom is -0.508 e. The zero-order valence-corrected chi connectivity index (χ0v) is 41.8. The lowest BCUT2D eigenvalue weighted by atomic mass is 10.1. The summed E-state index contributed by atoms with van der Waals surface area (Å²) in [4.78, 5) is 4.60.